The second-order valence-corrected chi connectivity index (χ2v) is 1.92. The molecule has 0 spiro atoms. The summed E-state index contributed by atoms with van der Waals surface area (Å²) in [6.45, 7) is 3.32. The molecule has 0 saturated carbocycles. The summed E-state index contributed by atoms with van der Waals surface area (Å²) >= 11 is 0. The molecule has 0 aromatic carbocycles. The van der Waals surface area contributed by atoms with Crippen LogP contribution < -0.4 is 0 Å². The van der Waals surface area contributed by atoms with Crippen LogP contribution in [0.1, 0.15) is 20.3 Å². The lowest BCUT2D eigenvalue weighted by molar-refractivity contribution is -0.122. The fourth-order valence-electron chi connectivity index (χ4n) is 0.373. The van der Waals surface area contributed by atoms with Crippen molar-refractivity contribution in [1.82, 2.24) is 0 Å². The zero-order chi connectivity index (χ0) is 7.28. The highest BCUT2D eigenvalue weighted by atomic mass is 16.6. The molecule has 0 aliphatic heterocycles. The molecule has 0 fully saturated rings. The maximum Gasteiger partial charge on any atom is 0.151 e. The van der Waals surface area contributed by atoms with Crippen LogP contribution in [0.15, 0.2) is 0 Å². The summed E-state index contributed by atoms with van der Waals surface area (Å²) in [6.07, 6.45) is -0.380. The molecule has 54 valence electrons. The SMILES string of the molecule is CC(=O)CCOC(C)O. The van der Waals surface area contributed by atoms with Crippen molar-refractivity contribution < 1.29 is 14.6 Å². The number of rotatable bonds is 4. The van der Waals surface area contributed by atoms with Crippen molar-refractivity contribution in [3.63, 3.8) is 0 Å². The van der Waals surface area contributed by atoms with Gasteiger partial charge < -0.3 is 9.84 Å². The summed E-state index contributed by atoms with van der Waals surface area (Å²) in [5, 5.41) is 8.53. The molecule has 0 saturated heterocycles. The zero-order valence-corrected chi connectivity index (χ0v) is 5.76. The molecular weight excluding hydrogens is 120 g/mol. The Morgan fingerprint density at radius 2 is 2.33 bits per heavy atom. The normalized spacial score (nSPS) is 13.2. The quantitative estimate of drug-likeness (QED) is 0.560. The van der Waals surface area contributed by atoms with E-state index < -0.39 is 6.29 Å². The van der Waals surface area contributed by atoms with Crippen LogP contribution in [0.25, 0.3) is 0 Å². The van der Waals surface area contributed by atoms with Gasteiger partial charge in [0.1, 0.15) is 5.78 Å². The number of Topliss-reactive ketones (excluding diaryl/α,β-unsaturated/α-hetero) is 1. The highest BCUT2D eigenvalue weighted by molar-refractivity contribution is 5.75. The van der Waals surface area contributed by atoms with Crippen molar-refractivity contribution in [2.24, 2.45) is 0 Å². The zero-order valence-electron chi connectivity index (χ0n) is 5.76. The maximum atomic E-state index is 10.3. The first kappa shape index (κ1) is 8.59. The van der Waals surface area contributed by atoms with Crippen molar-refractivity contribution >= 4 is 5.78 Å². The van der Waals surface area contributed by atoms with Crippen molar-refractivity contribution in [3.8, 4) is 0 Å². The van der Waals surface area contributed by atoms with Gasteiger partial charge in [-0.05, 0) is 13.8 Å². The van der Waals surface area contributed by atoms with Crippen molar-refractivity contribution in [1.29, 1.82) is 0 Å². The number of aliphatic hydroxyl groups is 1. The third-order valence-electron chi connectivity index (χ3n) is 0.813. The molecule has 0 amide bonds. The molecule has 9 heavy (non-hydrogen) atoms. The van der Waals surface area contributed by atoms with Crippen LogP contribution >= 0.6 is 0 Å². The van der Waals surface area contributed by atoms with Crippen LogP contribution in [0.5, 0.6) is 0 Å². The van der Waals surface area contributed by atoms with Crippen molar-refractivity contribution in [3.05, 3.63) is 0 Å². The van der Waals surface area contributed by atoms with Gasteiger partial charge in [0.05, 0.1) is 6.61 Å². The number of ketones is 1. The van der Waals surface area contributed by atoms with E-state index in [4.69, 9.17) is 5.11 Å². The van der Waals surface area contributed by atoms with Crippen molar-refractivity contribution in [2.45, 2.75) is 26.6 Å². The van der Waals surface area contributed by atoms with Crippen LogP contribution in [-0.2, 0) is 9.53 Å². The second-order valence-electron chi connectivity index (χ2n) is 1.92. The maximum absolute atomic E-state index is 10.3. The number of hydrogen-bond acceptors (Lipinski definition) is 3. The Labute approximate surface area is 54.6 Å². The topological polar surface area (TPSA) is 46.5 Å². The highest BCUT2D eigenvalue weighted by Gasteiger charge is 1.95. The summed E-state index contributed by atoms with van der Waals surface area (Å²) in [4.78, 5) is 10.3. The Balaban J connectivity index is 3.01. The van der Waals surface area contributed by atoms with E-state index >= 15 is 0 Å². The summed E-state index contributed by atoms with van der Waals surface area (Å²) in [6, 6.07) is 0. The Bertz CT molecular complexity index is 88.3. The molecule has 0 aliphatic carbocycles. The van der Waals surface area contributed by atoms with E-state index in [1.807, 2.05) is 0 Å². The van der Waals surface area contributed by atoms with E-state index in [-0.39, 0.29) is 5.78 Å². The third kappa shape index (κ3) is 7.59. The summed E-state index contributed by atoms with van der Waals surface area (Å²) < 4.78 is 4.69. The lowest BCUT2D eigenvalue weighted by Gasteiger charge is -2.03. The average Bonchev–Trinajstić information content (AvgIpc) is 1.63. The standard InChI is InChI=1S/C6H12O3/c1-5(7)3-4-9-6(2)8/h6,8H,3-4H2,1-2H3. The predicted molar refractivity (Wildman–Crippen MR) is 32.9 cm³/mol. The minimum atomic E-state index is -0.760. The smallest absolute Gasteiger partial charge is 0.151 e. The van der Waals surface area contributed by atoms with Crippen LogP contribution in [0, 0.1) is 0 Å². The Hall–Kier alpha value is -0.410. The van der Waals surface area contributed by atoms with E-state index in [0.717, 1.165) is 0 Å². The van der Waals surface area contributed by atoms with Gasteiger partial charge in [0, 0.05) is 6.42 Å². The number of carbonyl (C=O) groups is 1. The van der Waals surface area contributed by atoms with Crippen LogP contribution in [-0.4, -0.2) is 23.8 Å². The van der Waals surface area contributed by atoms with E-state index in [2.05, 4.69) is 4.74 Å². The van der Waals surface area contributed by atoms with Gasteiger partial charge in [-0.2, -0.15) is 0 Å². The highest BCUT2D eigenvalue weighted by Crippen LogP contribution is 1.87. The Morgan fingerprint density at radius 3 is 2.67 bits per heavy atom. The van der Waals surface area contributed by atoms with Gasteiger partial charge in [0.25, 0.3) is 0 Å². The van der Waals surface area contributed by atoms with Gasteiger partial charge in [-0.15, -0.1) is 0 Å². The summed E-state index contributed by atoms with van der Waals surface area (Å²) in [5.41, 5.74) is 0. The second kappa shape index (κ2) is 4.47. The van der Waals surface area contributed by atoms with Gasteiger partial charge >= 0.3 is 0 Å². The van der Waals surface area contributed by atoms with E-state index in [0.29, 0.717) is 13.0 Å². The molecule has 0 rings (SSSR count). The van der Waals surface area contributed by atoms with E-state index in [1.54, 1.807) is 0 Å². The van der Waals surface area contributed by atoms with Gasteiger partial charge in [-0.25, -0.2) is 0 Å². The first-order valence-electron chi connectivity index (χ1n) is 2.92. The number of carbonyl (C=O) groups excluding carboxylic acids is 1. The van der Waals surface area contributed by atoms with Crippen LogP contribution in [0.4, 0.5) is 0 Å². The van der Waals surface area contributed by atoms with Gasteiger partial charge in [0.15, 0.2) is 6.29 Å². The third-order valence-corrected chi connectivity index (χ3v) is 0.813. The number of ether oxygens (including phenoxy) is 1. The molecule has 0 heterocycles. The predicted octanol–water partition coefficient (Wildman–Crippen LogP) is 0.320. The van der Waals surface area contributed by atoms with Crippen LogP contribution in [0.3, 0.4) is 0 Å². The molecule has 0 aliphatic rings. The number of hydrogen-bond donors (Lipinski definition) is 1. The molecule has 3 heteroatoms. The molecule has 0 aromatic heterocycles. The molecule has 0 aromatic rings. The fourth-order valence-corrected chi connectivity index (χ4v) is 0.373. The lowest BCUT2D eigenvalue weighted by atomic mass is 10.3. The minimum absolute atomic E-state index is 0.0793. The molecule has 3 nitrogen and oxygen atoms in total. The van der Waals surface area contributed by atoms with Gasteiger partial charge in [0.2, 0.25) is 0 Å². The Kier molecular flexibility index (Phi) is 4.26. The molecule has 0 bridgehead atoms. The largest absolute Gasteiger partial charge is 0.368 e. The first-order chi connectivity index (χ1) is 4.13. The monoisotopic (exact) mass is 132 g/mol. The molecular formula is C6H12O3. The summed E-state index contributed by atoms with van der Waals surface area (Å²) in [5.74, 6) is 0.0793. The Morgan fingerprint density at radius 1 is 1.78 bits per heavy atom. The van der Waals surface area contributed by atoms with E-state index in [9.17, 15) is 4.79 Å². The van der Waals surface area contributed by atoms with Gasteiger partial charge in [-0.1, -0.05) is 0 Å². The van der Waals surface area contributed by atoms with E-state index in [1.165, 1.54) is 13.8 Å². The molecule has 1 atom stereocenters. The first-order valence-corrected chi connectivity index (χ1v) is 2.92. The lowest BCUT2D eigenvalue weighted by Crippen LogP contribution is -2.09. The summed E-state index contributed by atoms with van der Waals surface area (Å²) in [7, 11) is 0. The molecule has 1 N–H and O–H groups in total. The number of aliphatic hydroxyl groups excluding tert-OH is 1. The fraction of sp³-hybridized carbons (Fsp3) is 0.833. The molecule has 0 radical (unpaired) electrons. The van der Waals surface area contributed by atoms with Crippen LogP contribution in [0.2, 0.25) is 0 Å². The molecule has 1 unspecified atom stereocenters. The average molecular weight is 132 g/mol. The van der Waals surface area contributed by atoms with Gasteiger partial charge in [-0.3, -0.25) is 4.79 Å². The van der Waals surface area contributed by atoms with Crippen molar-refractivity contribution in [2.75, 3.05) is 6.61 Å². The minimum Gasteiger partial charge on any atom is -0.368 e.